The molecule has 1 aliphatic heterocycles. The Morgan fingerprint density at radius 2 is 1.63 bits per heavy atom. The van der Waals surface area contributed by atoms with Crippen molar-refractivity contribution in [3.63, 3.8) is 0 Å². The number of piperidine rings is 1. The molecule has 0 bridgehead atoms. The van der Waals surface area contributed by atoms with E-state index in [0.29, 0.717) is 12.5 Å². The van der Waals surface area contributed by atoms with Gasteiger partial charge in [-0.2, -0.15) is 0 Å². The highest BCUT2D eigenvalue weighted by Crippen LogP contribution is 2.25. The van der Waals surface area contributed by atoms with E-state index in [0.717, 1.165) is 66.3 Å². The first kappa shape index (κ1) is 23.0. The highest BCUT2D eigenvalue weighted by atomic mass is 16.5. The van der Waals surface area contributed by atoms with Crippen molar-refractivity contribution >= 4 is 22.6 Å². The first-order valence-electron chi connectivity index (χ1n) is 12.3. The van der Waals surface area contributed by atoms with Crippen LogP contribution in [0.3, 0.4) is 0 Å². The summed E-state index contributed by atoms with van der Waals surface area (Å²) in [6, 6.07) is 26.0. The molecule has 1 aliphatic rings. The number of fused-ring (bicyclic) bond motifs is 1. The Hall–Kier alpha value is -3.80. The van der Waals surface area contributed by atoms with Crippen molar-refractivity contribution in [2.45, 2.75) is 26.0 Å². The summed E-state index contributed by atoms with van der Waals surface area (Å²) in [7, 11) is 4.01. The molecule has 0 N–H and O–H groups in total. The quantitative estimate of drug-likeness (QED) is 0.373. The second-order valence-electron chi connectivity index (χ2n) is 9.41. The standard InChI is InChI=1S/C29H32N4O2/c1-31(2)24-14-12-23(13-15-24)29(34)32-18-16-22(17-19-32)20-33-27-11-7-6-10-26(27)30-28(33)21-35-25-8-4-3-5-9-25/h3-15,22H,16-21H2,1-2H3. The molecule has 4 aromatic rings. The van der Waals surface area contributed by atoms with Crippen LogP contribution < -0.4 is 9.64 Å². The molecule has 1 fully saturated rings. The third kappa shape index (κ3) is 5.16. The molecule has 1 aromatic heterocycles. The molecule has 6 nitrogen and oxygen atoms in total. The van der Waals surface area contributed by atoms with Gasteiger partial charge in [-0.25, -0.2) is 4.98 Å². The Morgan fingerprint density at radius 3 is 2.34 bits per heavy atom. The number of benzene rings is 3. The smallest absolute Gasteiger partial charge is 0.253 e. The fourth-order valence-corrected chi connectivity index (χ4v) is 4.77. The molecule has 0 spiro atoms. The number of aromatic nitrogens is 2. The Kier molecular flexibility index (Phi) is 6.70. The molecule has 1 saturated heterocycles. The zero-order chi connectivity index (χ0) is 24.2. The summed E-state index contributed by atoms with van der Waals surface area (Å²) in [5, 5.41) is 0. The van der Waals surface area contributed by atoms with Crippen molar-refractivity contribution < 1.29 is 9.53 Å². The van der Waals surface area contributed by atoms with Gasteiger partial charge in [0, 0.05) is 45.0 Å². The molecule has 0 atom stereocenters. The van der Waals surface area contributed by atoms with Crippen LogP contribution in [-0.4, -0.2) is 47.5 Å². The van der Waals surface area contributed by atoms with Gasteiger partial charge in [-0.15, -0.1) is 0 Å². The monoisotopic (exact) mass is 468 g/mol. The van der Waals surface area contributed by atoms with Crippen molar-refractivity contribution in [3.8, 4) is 5.75 Å². The highest BCUT2D eigenvalue weighted by Gasteiger charge is 2.25. The van der Waals surface area contributed by atoms with Crippen molar-refractivity contribution in [1.82, 2.24) is 14.5 Å². The van der Waals surface area contributed by atoms with E-state index in [1.54, 1.807) is 0 Å². The van der Waals surface area contributed by atoms with E-state index in [2.05, 4.69) is 22.8 Å². The van der Waals surface area contributed by atoms with Gasteiger partial charge in [0.25, 0.3) is 5.91 Å². The van der Waals surface area contributed by atoms with E-state index in [1.807, 2.05) is 84.6 Å². The third-order valence-electron chi connectivity index (χ3n) is 6.82. The van der Waals surface area contributed by atoms with Crippen LogP contribution in [0.2, 0.25) is 0 Å². The average molecular weight is 469 g/mol. The molecule has 5 rings (SSSR count). The van der Waals surface area contributed by atoms with Gasteiger partial charge in [0.05, 0.1) is 11.0 Å². The number of anilines is 1. The summed E-state index contributed by atoms with van der Waals surface area (Å²) in [4.78, 5) is 21.9. The molecule has 0 aliphatic carbocycles. The van der Waals surface area contributed by atoms with Crippen LogP contribution in [0.5, 0.6) is 5.75 Å². The zero-order valence-corrected chi connectivity index (χ0v) is 20.4. The number of amides is 1. The van der Waals surface area contributed by atoms with E-state index in [-0.39, 0.29) is 5.91 Å². The molecule has 6 heteroatoms. The normalized spacial score (nSPS) is 14.3. The van der Waals surface area contributed by atoms with Gasteiger partial charge < -0.3 is 19.1 Å². The van der Waals surface area contributed by atoms with Crippen LogP contribution in [0.15, 0.2) is 78.9 Å². The molecule has 0 radical (unpaired) electrons. The first-order chi connectivity index (χ1) is 17.1. The lowest BCUT2D eigenvalue weighted by molar-refractivity contribution is 0.0682. The van der Waals surface area contributed by atoms with E-state index in [4.69, 9.17) is 9.72 Å². The first-order valence-corrected chi connectivity index (χ1v) is 12.3. The molecule has 3 aromatic carbocycles. The van der Waals surface area contributed by atoms with Crippen LogP contribution in [0.4, 0.5) is 5.69 Å². The predicted octanol–water partition coefficient (Wildman–Crippen LogP) is 5.23. The second kappa shape index (κ2) is 10.2. The largest absolute Gasteiger partial charge is 0.486 e. The van der Waals surface area contributed by atoms with E-state index in [9.17, 15) is 4.79 Å². The number of rotatable bonds is 7. The highest BCUT2D eigenvalue weighted by molar-refractivity contribution is 5.94. The summed E-state index contributed by atoms with van der Waals surface area (Å²) in [5.74, 6) is 2.40. The summed E-state index contributed by atoms with van der Waals surface area (Å²) in [6.07, 6.45) is 1.96. The lowest BCUT2D eigenvalue weighted by atomic mass is 9.96. The SMILES string of the molecule is CN(C)c1ccc(C(=O)N2CCC(Cn3c(COc4ccccc4)nc4ccccc43)CC2)cc1. The van der Waals surface area contributed by atoms with Gasteiger partial charge in [0.2, 0.25) is 0 Å². The minimum absolute atomic E-state index is 0.124. The van der Waals surface area contributed by atoms with Gasteiger partial charge in [-0.05, 0) is 67.3 Å². The Balaban J connectivity index is 1.25. The van der Waals surface area contributed by atoms with Crippen LogP contribution in [0.1, 0.15) is 29.0 Å². The topological polar surface area (TPSA) is 50.6 Å². The summed E-state index contributed by atoms with van der Waals surface area (Å²) in [5.41, 5.74) is 3.99. The van der Waals surface area contributed by atoms with E-state index < -0.39 is 0 Å². The number of nitrogens with zero attached hydrogens (tertiary/aromatic N) is 4. The lowest BCUT2D eigenvalue weighted by Crippen LogP contribution is -2.39. The maximum absolute atomic E-state index is 13.0. The number of carbonyl (C=O) groups excluding carboxylic acids is 1. The van der Waals surface area contributed by atoms with Gasteiger partial charge in [-0.1, -0.05) is 30.3 Å². The van der Waals surface area contributed by atoms with Crippen LogP contribution in [-0.2, 0) is 13.2 Å². The van der Waals surface area contributed by atoms with Crippen molar-refractivity contribution in [3.05, 3.63) is 90.3 Å². The molecule has 2 heterocycles. The predicted molar refractivity (Wildman–Crippen MR) is 140 cm³/mol. The van der Waals surface area contributed by atoms with Crippen molar-refractivity contribution in [2.24, 2.45) is 5.92 Å². The van der Waals surface area contributed by atoms with Crippen molar-refractivity contribution in [2.75, 3.05) is 32.1 Å². The zero-order valence-electron chi connectivity index (χ0n) is 20.4. The number of carbonyl (C=O) groups is 1. The molecular formula is C29H32N4O2. The van der Waals surface area contributed by atoms with Gasteiger partial charge in [-0.3, -0.25) is 4.79 Å². The fourth-order valence-electron chi connectivity index (χ4n) is 4.77. The molecule has 35 heavy (non-hydrogen) atoms. The molecule has 180 valence electrons. The van der Waals surface area contributed by atoms with Crippen LogP contribution in [0.25, 0.3) is 11.0 Å². The maximum Gasteiger partial charge on any atom is 0.253 e. The van der Waals surface area contributed by atoms with Crippen molar-refractivity contribution in [1.29, 1.82) is 0 Å². The summed E-state index contributed by atoms with van der Waals surface area (Å²) < 4.78 is 8.34. The van der Waals surface area contributed by atoms with Gasteiger partial charge in [0.15, 0.2) is 0 Å². The molecule has 0 unspecified atom stereocenters. The molecule has 0 saturated carbocycles. The maximum atomic E-state index is 13.0. The van der Waals surface area contributed by atoms with E-state index in [1.165, 1.54) is 0 Å². The van der Waals surface area contributed by atoms with Crippen LogP contribution in [0, 0.1) is 5.92 Å². The summed E-state index contributed by atoms with van der Waals surface area (Å²) in [6.45, 7) is 2.87. The van der Waals surface area contributed by atoms with Gasteiger partial charge >= 0.3 is 0 Å². The molecule has 1 amide bonds. The third-order valence-corrected chi connectivity index (χ3v) is 6.82. The number of likely N-dealkylation sites (tertiary alicyclic amines) is 1. The second-order valence-corrected chi connectivity index (χ2v) is 9.41. The Labute approximate surface area is 206 Å². The lowest BCUT2D eigenvalue weighted by Gasteiger charge is -2.32. The number of para-hydroxylation sites is 3. The number of hydrogen-bond donors (Lipinski definition) is 0. The van der Waals surface area contributed by atoms with E-state index >= 15 is 0 Å². The Bertz CT molecular complexity index is 1270. The minimum Gasteiger partial charge on any atom is -0.486 e. The average Bonchev–Trinajstić information content (AvgIpc) is 3.25. The number of imidazole rings is 1. The fraction of sp³-hybridized carbons (Fsp3) is 0.310. The number of hydrogen-bond acceptors (Lipinski definition) is 4. The number of ether oxygens (including phenoxy) is 1. The van der Waals surface area contributed by atoms with Gasteiger partial charge in [0.1, 0.15) is 18.2 Å². The summed E-state index contributed by atoms with van der Waals surface area (Å²) >= 11 is 0. The Morgan fingerprint density at radius 1 is 0.943 bits per heavy atom. The van der Waals surface area contributed by atoms with Crippen LogP contribution >= 0.6 is 0 Å². The molecular weight excluding hydrogens is 436 g/mol. The minimum atomic E-state index is 0.124.